The lowest BCUT2D eigenvalue weighted by Crippen LogP contribution is -2.38. The second-order valence-corrected chi connectivity index (χ2v) is 6.27. The number of nitrogens with two attached hydrogens (primary N) is 1. The van der Waals surface area contributed by atoms with E-state index < -0.39 is 23.9 Å². The first-order chi connectivity index (χ1) is 14.6. The molecule has 0 aromatic heterocycles. The maximum atomic E-state index is 13.1. The lowest BCUT2D eigenvalue weighted by molar-refractivity contribution is -0.199. The Balaban J connectivity index is 2.32. The summed E-state index contributed by atoms with van der Waals surface area (Å²) in [4.78, 5) is 28.2. The Kier molecular flexibility index (Phi) is 7.95. The van der Waals surface area contributed by atoms with Crippen LogP contribution in [0.25, 0.3) is 0 Å². The molecule has 2 aromatic carbocycles. The van der Waals surface area contributed by atoms with E-state index in [1.807, 2.05) is 0 Å². The zero-order chi connectivity index (χ0) is 23.2. The van der Waals surface area contributed by atoms with Crippen LogP contribution >= 0.6 is 11.6 Å². The normalized spacial score (nSPS) is 11.8. The van der Waals surface area contributed by atoms with Crippen molar-refractivity contribution >= 4 is 29.2 Å². The quantitative estimate of drug-likeness (QED) is 0.508. The number of carbonyl (C=O) groups is 2. The topological polar surface area (TPSA) is 81.9 Å². The molecule has 0 aliphatic heterocycles. The summed E-state index contributed by atoms with van der Waals surface area (Å²) in [5.74, 6) is -4.57. The fraction of sp³-hybridized carbons (Fsp3) is 0.158. The Morgan fingerprint density at radius 3 is 2.29 bits per heavy atom. The number of benzene rings is 2. The van der Waals surface area contributed by atoms with E-state index in [2.05, 4.69) is 4.84 Å². The van der Waals surface area contributed by atoms with Crippen molar-refractivity contribution < 1.29 is 41.1 Å². The summed E-state index contributed by atoms with van der Waals surface area (Å²) >= 11 is 6.02. The van der Waals surface area contributed by atoms with Gasteiger partial charge in [0.25, 0.3) is 5.91 Å². The van der Waals surface area contributed by atoms with Gasteiger partial charge in [-0.25, -0.2) is 13.6 Å². The van der Waals surface area contributed by atoms with E-state index in [-0.39, 0.29) is 52.1 Å². The standard InChI is InChI=1S/C19H14ClF5N2O4/c20-15-7-12(1-6-16(15)30-10-11(8-21)9-26)17(28)27(31-18(29)19(23,24)25)14-4-2-13(22)3-5-14/h1-8H,9-10,26H2/b11-8-. The molecular formula is C19H14ClF5N2O4. The fourth-order valence-electron chi connectivity index (χ4n) is 2.10. The van der Waals surface area contributed by atoms with Crippen molar-refractivity contribution in [1.29, 1.82) is 0 Å². The number of anilines is 1. The van der Waals surface area contributed by atoms with Gasteiger partial charge >= 0.3 is 12.1 Å². The Morgan fingerprint density at radius 1 is 1.13 bits per heavy atom. The van der Waals surface area contributed by atoms with Crippen LogP contribution in [0.2, 0.25) is 5.02 Å². The average Bonchev–Trinajstić information content (AvgIpc) is 2.73. The van der Waals surface area contributed by atoms with Crippen LogP contribution in [-0.2, 0) is 9.63 Å². The van der Waals surface area contributed by atoms with Crippen LogP contribution in [0.4, 0.5) is 27.6 Å². The van der Waals surface area contributed by atoms with Crippen LogP contribution in [0.5, 0.6) is 5.75 Å². The van der Waals surface area contributed by atoms with Crippen molar-refractivity contribution in [2.45, 2.75) is 6.18 Å². The van der Waals surface area contributed by atoms with E-state index in [0.717, 1.165) is 36.4 Å². The van der Waals surface area contributed by atoms with Crippen LogP contribution in [0.15, 0.2) is 54.4 Å². The van der Waals surface area contributed by atoms with Gasteiger partial charge in [-0.15, -0.1) is 5.06 Å². The van der Waals surface area contributed by atoms with Crippen LogP contribution in [0.1, 0.15) is 10.4 Å². The Morgan fingerprint density at radius 2 is 1.77 bits per heavy atom. The first-order valence-electron chi connectivity index (χ1n) is 8.36. The van der Waals surface area contributed by atoms with Crippen LogP contribution in [0, 0.1) is 5.82 Å². The third-order valence-corrected chi connectivity index (χ3v) is 3.96. The molecular weight excluding hydrogens is 451 g/mol. The Bertz CT molecular complexity index is 980. The van der Waals surface area contributed by atoms with Gasteiger partial charge in [0.05, 0.1) is 17.0 Å². The zero-order valence-corrected chi connectivity index (χ0v) is 16.2. The summed E-state index contributed by atoms with van der Waals surface area (Å²) < 4.78 is 68.8. The van der Waals surface area contributed by atoms with Gasteiger partial charge < -0.3 is 15.3 Å². The summed E-state index contributed by atoms with van der Waals surface area (Å²) in [5.41, 5.74) is 4.80. The Hall–Kier alpha value is -3.18. The van der Waals surface area contributed by atoms with Crippen molar-refractivity contribution in [1.82, 2.24) is 0 Å². The highest BCUT2D eigenvalue weighted by atomic mass is 35.5. The minimum Gasteiger partial charge on any atom is -0.488 e. The summed E-state index contributed by atoms with van der Waals surface area (Å²) in [5, 5.41) is -0.0814. The first-order valence-corrected chi connectivity index (χ1v) is 8.74. The smallest absolute Gasteiger partial charge is 0.488 e. The van der Waals surface area contributed by atoms with Gasteiger partial charge in [-0.05, 0) is 42.5 Å². The lowest BCUT2D eigenvalue weighted by Gasteiger charge is -2.22. The SMILES string of the molecule is NC/C(=C/F)COc1ccc(C(=O)N(OC(=O)C(F)(F)F)c2ccc(F)cc2)cc1Cl. The van der Waals surface area contributed by atoms with E-state index in [4.69, 9.17) is 22.1 Å². The molecule has 2 aromatic rings. The second-order valence-electron chi connectivity index (χ2n) is 5.86. The highest BCUT2D eigenvalue weighted by molar-refractivity contribution is 6.32. The molecule has 0 heterocycles. The number of halogens is 6. The summed E-state index contributed by atoms with van der Waals surface area (Å²) in [7, 11) is 0. The minimum absolute atomic E-state index is 0.0339. The molecule has 2 rings (SSSR count). The lowest BCUT2D eigenvalue weighted by atomic mass is 10.2. The van der Waals surface area contributed by atoms with Crippen molar-refractivity contribution in [2.75, 3.05) is 18.2 Å². The molecule has 0 atom stereocenters. The van der Waals surface area contributed by atoms with Gasteiger partial charge in [-0.1, -0.05) is 11.6 Å². The van der Waals surface area contributed by atoms with Crippen molar-refractivity contribution in [2.24, 2.45) is 5.73 Å². The molecule has 0 saturated carbocycles. The van der Waals surface area contributed by atoms with Gasteiger partial charge in [0.1, 0.15) is 18.2 Å². The largest absolute Gasteiger partial charge is 0.493 e. The van der Waals surface area contributed by atoms with E-state index in [1.165, 1.54) is 6.07 Å². The summed E-state index contributed by atoms with van der Waals surface area (Å²) in [6.07, 6.45) is -5.13. The van der Waals surface area contributed by atoms with Gasteiger partial charge in [0.2, 0.25) is 0 Å². The van der Waals surface area contributed by atoms with Gasteiger partial charge in [-0.3, -0.25) is 4.79 Å². The summed E-state index contributed by atoms with van der Waals surface area (Å²) in [6, 6.07) is 6.96. The number of nitrogens with zero attached hydrogens (tertiary/aromatic N) is 1. The summed E-state index contributed by atoms with van der Waals surface area (Å²) in [6.45, 7) is -0.340. The number of carbonyl (C=O) groups excluding carboxylic acids is 2. The van der Waals surface area contributed by atoms with Crippen LogP contribution in [0.3, 0.4) is 0 Å². The molecule has 0 radical (unpaired) electrons. The van der Waals surface area contributed by atoms with Gasteiger partial charge in [0, 0.05) is 17.7 Å². The van der Waals surface area contributed by atoms with Crippen LogP contribution < -0.4 is 15.5 Å². The maximum absolute atomic E-state index is 13.1. The molecule has 166 valence electrons. The number of hydrogen-bond acceptors (Lipinski definition) is 5. The number of rotatable bonds is 6. The molecule has 0 aliphatic rings. The molecule has 0 aliphatic carbocycles. The van der Waals surface area contributed by atoms with Gasteiger partial charge in [0.15, 0.2) is 0 Å². The second kappa shape index (κ2) is 10.2. The monoisotopic (exact) mass is 464 g/mol. The number of ether oxygens (including phenoxy) is 1. The molecule has 6 nitrogen and oxygen atoms in total. The number of alkyl halides is 3. The maximum Gasteiger partial charge on any atom is 0.493 e. The van der Waals surface area contributed by atoms with Gasteiger partial charge in [-0.2, -0.15) is 13.2 Å². The number of hydroxylamine groups is 1. The Labute approximate surface area is 177 Å². The molecule has 0 spiro atoms. The third-order valence-electron chi connectivity index (χ3n) is 3.66. The predicted molar refractivity (Wildman–Crippen MR) is 101 cm³/mol. The van der Waals surface area contributed by atoms with E-state index in [1.54, 1.807) is 0 Å². The highest BCUT2D eigenvalue weighted by Crippen LogP contribution is 2.28. The molecule has 12 heteroatoms. The molecule has 2 N–H and O–H groups in total. The molecule has 0 saturated heterocycles. The van der Waals surface area contributed by atoms with E-state index in [0.29, 0.717) is 0 Å². The van der Waals surface area contributed by atoms with Crippen LogP contribution in [-0.4, -0.2) is 31.2 Å². The fourth-order valence-corrected chi connectivity index (χ4v) is 2.33. The minimum atomic E-state index is -5.39. The molecule has 1 amide bonds. The molecule has 0 fully saturated rings. The molecule has 31 heavy (non-hydrogen) atoms. The third kappa shape index (κ3) is 6.40. The zero-order valence-electron chi connectivity index (χ0n) is 15.5. The first kappa shape index (κ1) is 24.1. The average molecular weight is 465 g/mol. The van der Waals surface area contributed by atoms with E-state index in [9.17, 15) is 31.5 Å². The highest BCUT2D eigenvalue weighted by Gasteiger charge is 2.44. The molecule has 0 bridgehead atoms. The van der Waals surface area contributed by atoms with Crippen molar-refractivity contribution in [3.8, 4) is 5.75 Å². The number of amides is 1. The van der Waals surface area contributed by atoms with E-state index >= 15 is 0 Å². The number of hydrogen-bond donors (Lipinski definition) is 1. The van der Waals surface area contributed by atoms with Crippen molar-refractivity contribution in [3.05, 3.63) is 70.8 Å². The molecule has 0 unspecified atom stereocenters. The van der Waals surface area contributed by atoms with Crippen molar-refractivity contribution in [3.63, 3.8) is 0 Å². The predicted octanol–water partition coefficient (Wildman–Crippen LogP) is 4.34.